The fourth-order valence-electron chi connectivity index (χ4n) is 5.39. The van der Waals surface area contributed by atoms with E-state index >= 15 is 0 Å². The number of anilines is 2. The summed E-state index contributed by atoms with van der Waals surface area (Å²) < 4.78 is 0. The van der Waals surface area contributed by atoms with Crippen molar-refractivity contribution in [3.63, 3.8) is 0 Å². The van der Waals surface area contributed by atoms with Crippen LogP contribution in [0.25, 0.3) is 17.2 Å². The summed E-state index contributed by atoms with van der Waals surface area (Å²) in [5, 5.41) is 0. The number of rotatable bonds is 9. The van der Waals surface area contributed by atoms with E-state index in [1.54, 1.807) is 0 Å². The number of aryl methyl sites for hydroxylation is 2. The fourth-order valence-corrected chi connectivity index (χ4v) is 5.39. The Hall–Kier alpha value is -5.66. The zero-order valence-electron chi connectivity index (χ0n) is 25.8. The highest BCUT2D eigenvalue weighted by molar-refractivity contribution is 5.84. The molecule has 1 nitrogen and oxygen atoms in total. The fraction of sp³-hybridized carbons (Fsp3) is 0.0455. The summed E-state index contributed by atoms with van der Waals surface area (Å²) in [5.41, 5.74) is 13.0. The lowest BCUT2D eigenvalue weighted by Gasteiger charge is -2.23. The zero-order chi connectivity index (χ0) is 30.8. The van der Waals surface area contributed by atoms with Gasteiger partial charge in [-0.25, -0.2) is 0 Å². The van der Waals surface area contributed by atoms with Crippen molar-refractivity contribution in [1.29, 1.82) is 0 Å². The molecular weight excluding hydrogens is 542 g/mol. The Balaban J connectivity index is 1.35. The van der Waals surface area contributed by atoms with E-state index in [-0.39, 0.29) is 0 Å². The molecule has 6 rings (SSSR count). The van der Waals surface area contributed by atoms with Crippen LogP contribution in [0.2, 0.25) is 0 Å². The average molecular weight is 580 g/mol. The van der Waals surface area contributed by atoms with Crippen LogP contribution in [-0.4, -0.2) is 0 Å². The van der Waals surface area contributed by atoms with Crippen LogP contribution in [0.5, 0.6) is 0 Å². The third-order valence-corrected chi connectivity index (χ3v) is 7.91. The maximum absolute atomic E-state index is 2.28. The normalized spacial score (nSPS) is 10.8. The van der Waals surface area contributed by atoms with Gasteiger partial charge in [-0.15, -0.1) is 0 Å². The molecule has 0 fully saturated rings. The third-order valence-electron chi connectivity index (χ3n) is 7.91. The molecule has 6 aromatic carbocycles. The standard InChI is InChI=1S/C44H37N/c1-34-21-27-39(28-22-34)44(40-29-23-35(2)24-30-40)33-45(41-18-10-5-11-19-41)42-31-25-36(26-32-42)13-12-20-43(37-14-6-3-7-15-37)38-16-8-4-9-17-38/h3-33H,1-2H3. The van der Waals surface area contributed by atoms with Crippen molar-refractivity contribution in [1.82, 2.24) is 0 Å². The maximum Gasteiger partial charge on any atom is 0.0456 e. The highest BCUT2D eigenvalue weighted by atomic mass is 15.1. The van der Waals surface area contributed by atoms with Crippen molar-refractivity contribution in [3.8, 4) is 0 Å². The van der Waals surface area contributed by atoms with Gasteiger partial charge in [0.15, 0.2) is 0 Å². The van der Waals surface area contributed by atoms with Crippen molar-refractivity contribution < 1.29 is 0 Å². The lowest BCUT2D eigenvalue weighted by atomic mass is 9.96. The summed E-state index contributed by atoms with van der Waals surface area (Å²) >= 11 is 0. The molecule has 0 saturated heterocycles. The maximum atomic E-state index is 2.28. The van der Waals surface area contributed by atoms with Crippen LogP contribution < -0.4 is 4.90 Å². The summed E-state index contributed by atoms with van der Waals surface area (Å²) in [6.45, 7) is 4.26. The van der Waals surface area contributed by atoms with Gasteiger partial charge in [0.25, 0.3) is 0 Å². The SMILES string of the molecule is Cc1ccc(C(=CN(c2ccccc2)c2ccc(C=CC=C(c3ccccc3)c3ccccc3)cc2)c2ccc(C)cc2)cc1. The van der Waals surface area contributed by atoms with Gasteiger partial charge in [-0.3, -0.25) is 0 Å². The highest BCUT2D eigenvalue weighted by Crippen LogP contribution is 2.32. The molecule has 0 radical (unpaired) electrons. The summed E-state index contributed by atoms with van der Waals surface area (Å²) in [5.74, 6) is 0. The van der Waals surface area contributed by atoms with Gasteiger partial charge in [-0.2, -0.15) is 0 Å². The first-order valence-corrected chi connectivity index (χ1v) is 15.4. The molecule has 0 N–H and O–H groups in total. The Morgan fingerprint density at radius 1 is 0.422 bits per heavy atom. The molecule has 218 valence electrons. The molecule has 45 heavy (non-hydrogen) atoms. The second-order valence-corrected chi connectivity index (χ2v) is 11.2. The molecule has 6 aromatic rings. The summed E-state index contributed by atoms with van der Waals surface area (Å²) in [6, 6.07) is 58.0. The summed E-state index contributed by atoms with van der Waals surface area (Å²) in [4.78, 5) is 2.28. The number of hydrogen-bond donors (Lipinski definition) is 0. The highest BCUT2D eigenvalue weighted by Gasteiger charge is 2.12. The van der Waals surface area contributed by atoms with Crippen LogP contribution in [0.3, 0.4) is 0 Å². The largest absolute Gasteiger partial charge is 0.317 e. The first-order chi connectivity index (χ1) is 22.1. The van der Waals surface area contributed by atoms with Gasteiger partial charge >= 0.3 is 0 Å². The van der Waals surface area contributed by atoms with E-state index in [1.165, 1.54) is 44.5 Å². The second-order valence-electron chi connectivity index (χ2n) is 11.2. The van der Waals surface area contributed by atoms with E-state index in [0.717, 1.165) is 16.9 Å². The third kappa shape index (κ3) is 7.47. The topological polar surface area (TPSA) is 3.24 Å². The monoisotopic (exact) mass is 579 g/mol. The number of nitrogens with zero attached hydrogens (tertiary/aromatic N) is 1. The molecule has 1 heteroatoms. The van der Waals surface area contributed by atoms with Gasteiger partial charge in [-0.05, 0) is 71.5 Å². The Bertz CT molecular complexity index is 1810. The second kappa shape index (κ2) is 14.2. The van der Waals surface area contributed by atoms with Gasteiger partial charge in [0, 0.05) is 23.1 Å². The quantitative estimate of drug-likeness (QED) is 0.154. The van der Waals surface area contributed by atoms with Crippen molar-refractivity contribution in [3.05, 3.63) is 221 Å². The van der Waals surface area contributed by atoms with Gasteiger partial charge < -0.3 is 4.90 Å². The number of para-hydroxylation sites is 1. The van der Waals surface area contributed by atoms with E-state index in [4.69, 9.17) is 0 Å². The van der Waals surface area contributed by atoms with Gasteiger partial charge in [0.05, 0.1) is 0 Å². The van der Waals surface area contributed by atoms with E-state index in [1.807, 2.05) is 0 Å². The van der Waals surface area contributed by atoms with Crippen molar-refractivity contribution in [2.45, 2.75) is 13.8 Å². The number of allylic oxidation sites excluding steroid dienone is 2. The molecule has 0 aromatic heterocycles. The van der Waals surface area contributed by atoms with E-state index < -0.39 is 0 Å². The predicted octanol–water partition coefficient (Wildman–Crippen LogP) is 11.7. The average Bonchev–Trinajstić information content (AvgIpc) is 3.10. The predicted molar refractivity (Wildman–Crippen MR) is 193 cm³/mol. The van der Waals surface area contributed by atoms with Crippen LogP contribution in [-0.2, 0) is 0 Å². The minimum Gasteiger partial charge on any atom is -0.317 e. The van der Waals surface area contributed by atoms with Gasteiger partial charge in [0.1, 0.15) is 0 Å². The first-order valence-electron chi connectivity index (χ1n) is 15.4. The molecule has 0 atom stereocenters. The van der Waals surface area contributed by atoms with Crippen molar-refractivity contribution >= 4 is 28.6 Å². The molecule has 0 aliphatic rings. The molecule has 0 saturated carbocycles. The Morgan fingerprint density at radius 3 is 1.33 bits per heavy atom. The molecular formula is C44H37N. The molecule has 0 aliphatic heterocycles. The van der Waals surface area contributed by atoms with Gasteiger partial charge in [0.2, 0.25) is 0 Å². The number of benzene rings is 6. The van der Waals surface area contributed by atoms with Crippen LogP contribution in [0.4, 0.5) is 11.4 Å². The molecule has 0 unspecified atom stereocenters. The first kappa shape index (κ1) is 29.4. The molecule has 0 heterocycles. The van der Waals surface area contributed by atoms with E-state index in [2.05, 4.69) is 207 Å². The summed E-state index contributed by atoms with van der Waals surface area (Å²) in [6.07, 6.45) is 8.78. The summed E-state index contributed by atoms with van der Waals surface area (Å²) in [7, 11) is 0. The molecule has 0 spiro atoms. The van der Waals surface area contributed by atoms with Crippen LogP contribution in [0.15, 0.2) is 182 Å². The Morgan fingerprint density at radius 2 is 0.844 bits per heavy atom. The molecule has 0 bridgehead atoms. The van der Waals surface area contributed by atoms with Crippen LogP contribution >= 0.6 is 0 Å². The smallest absolute Gasteiger partial charge is 0.0456 e. The molecule has 0 aliphatic carbocycles. The van der Waals surface area contributed by atoms with Gasteiger partial charge in [-0.1, -0.05) is 169 Å². The van der Waals surface area contributed by atoms with Crippen molar-refractivity contribution in [2.75, 3.05) is 4.90 Å². The zero-order valence-corrected chi connectivity index (χ0v) is 25.8. The Kier molecular flexibility index (Phi) is 9.29. The van der Waals surface area contributed by atoms with E-state index in [9.17, 15) is 0 Å². The van der Waals surface area contributed by atoms with E-state index in [0.29, 0.717) is 0 Å². The minimum atomic E-state index is 1.10. The molecule has 0 amide bonds. The van der Waals surface area contributed by atoms with Crippen LogP contribution in [0, 0.1) is 13.8 Å². The Labute approximate surface area is 267 Å². The lowest BCUT2D eigenvalue weighted by molar-refractivity contribution is 1.28. The van der Waals surface area contributed by atoms with Crippen LogP contribution in [0.1, 0.15) is 38.9 Å². The van der Waals surface area contributed by atoms with Crippen molar-refractivity contribution in [2.24, 2.45) is 0 Å². The lowest BCUT2D eigenvalue weighted by Crippen LogP contribution is -2.10. The minimum absolute atomic E-state index is 1.10. The number of hydrogen-bond acceptors (Lipinski definition) is 1.